The summed E-state index contributed by atoms with van der Waals surface area (Å²) in [6, 6.07) is 12.5. The number of aryl methyl sites for hydroxylation is 1. The predicted molar refractivity (Wildman–Crippen MR) is 164 cm³/mol. The summed E-state index contributed by atoms with van der Waals surface area (Å²) in [5, 5.41) is 30.1. The first-order valence-corrected chi connectivity index (χ1v) is 17.8. The fourth-order valence-electron chi connectivity index (χ4n) is 6.54. The van der Waals surface area contributed by atoms with Gasteiger partial charge in [-0.3, -0.25) is 14.3 Å². The molecule has 0 bridgehead atoms. The molecule has 2 aromatic carbocycles. The van der Waals surface area contributed by atoms with Crippen molar-refractivity contribution in [2.75, 3.05) is 16.8 Å². The zero-order valence-corrected chi connectivity index (χ0v) is 26.5. The van der Waals surface area contributed by atoms with Gasteiger partial charge in [0.2, 0.25) is 0 Å². The number of aromatic nitrogens is 3. The average Bonchev–Trinajstić information content (AvgIpc) is 3.58. The highest BCUT2D eigenvalue weighted by Gasteiger charge is 2.66. The topological polar surface area (TPSA) is 150 Å². The third-order valence-corrected chi connectivity index (χ3v) is 11.2. The van der Waals surface area contributed by atoms with Crippen LogP contribution in [0.15, 0.2) is 48.7 Å². The second-order valence-electron chi connectivity index (χ2n) is 12.0. The Hall–Kier alpha value is -3.13. The number of hydrogen-bond donors (Lipinski definition) is 4. The van der Waals surface area contributed by atoms with Crippen molar-refractivity contribution >= 4 is 43.1 Å². The van der Waals surface area contributed by atoms with E-state index in [4.69, 9.17) is 16.3 Å². The Labute approximate surface area is 256 Å². The van der Waals surface area contributed by atoms with Gasteiger partial charge in [0.05, 0.1) is 24.0 Å². The van der Waals surface area contributed by atoms with Gasteiger partial charge in [0.15, 0.2) is 13.9 Å². The van der Waals surface area contributed by atoms with Crippen LogP contribution in [0.2, 0.25) is 23.7 Å². The minimum atomic E-state index is -2.84. The SMILES string of the molecule is C[C@H](O)C(=O)Nc1ccc(CN2C(=O)[C@@]3(O[C@@H](CCn4cc(CCO)nn4)[C@H]([Si](C)(C)O)[C@H]3C)c3cc(Cl)ccc32)cc1. The molecule has 2 aliphatic rings. The highest BCUT2D eigenvalue weighted by Crippen LogP contribution is 2.60. The number of carbonyl (C=O) groups excluding carboxylic acids is 2. The fraction of sp³-hybridized carbons (Fsp3) is 0.467. The average molecular weight is 628 g/mol. The van der Waals surface area contributed by atoms with Crippen LogP contribution in [0.4, 0.5) is 11.4 Å². The minimum absolute atomic E-state index is 0.0128. The third kappa shape index (κ3) is 6.00. The number of aliphatic hydroxyl groups is 2. The van der Waals surface area contributed by atoms with Gasteiger partial charge >= 0.3 is 0 Å². The summed E-state index contributed by atoms with van der Waals surface area (Å²) < 4.78 is 8.54. The van der Waals surface area contributed by atoms with Crippen molar-refractivity contribution in [2.24, 2.45) is 5.92 Å². The molecule has 3 aromatic rings. The number of ether oxygens (including phenoxy) is 1. The Balaban J connectivity index is 1.44. The molecule has 11 nitrogen and oxygen atoms in total. The van der Waals surface area contributed by atoms with Crippen molar-refractivity contribution < 1.29 is 29.3 Å². The monoisotopic (exact) mass is 627 g/mol. The van der Waals surface area contributed by atoms with Crippen LogP contribution in [0.25, 0.3) is 0 Å². The Morgan fingerprint density at radius 3 is 2.60 bits per heavy atom. The van der Waals surface area contributed by atoms with E-state index in [1.54, 1.807) is 40.0 Å². The van der Waals surface area contributed by atoms with Crippen LogP contribution in [0.5, 0.6) is 0 Å². The van der Waals surface area contributed by atoms with E-state index in [2.05, 4.69) is 15.6 Å². The van der Waals surface area contributed by atoms with E-state index < -0.39 is 32.0 Å². The molecule has 0 unspecified atom stereocenters. The van der Waals surface area contributed by atoms with Crippen LogP contribution in [0.1, 0.15) is 37.1 Å². The summed E-state index contributed by atoms with van der Waals surface area (Å²) in [5.41, 5.74) is 1.89. The third-order valence-electron chi connectivity index (χ3n) is 8.48. The van der Waals surface area contributed by atoms with Gasteiger partial charge < -0.3 is 30.0 Å². The molecule has 230 valence electrons. The van der Waals surface area contributed by atoms with Crippen molar-refractivity contribution in [1.82, 2.24) is 15.0 Å². The summed E-state index contributed by atoms with van der Waals surface area (Å²) in [6.45, 7) is 7.87. The number of anilines is 2. The first kappa shape index (κ1) is 31.3. The van der Waals surface area contributed by atoms with E-state index in [0.29, 0.717) is 47.0 Å². The lowest BCUT2D eigenvalue weighted by molar-refractivity contribution is -0.146. The van der Waals surface area contributed by atoms with Gasteiger partial charge in [0, 0.05) is 53.5 Å². The highest BCUT2D eigenvalue weighted by molar-refractivity contribution is 6.71. The van der Waals surface area contributed by atoms with Crippen molar-refractivity contribution in [3.8, 4) is 0 Å². The molecule has 0 saturated carbocycles. The molecule has 4 N–H and O–H groups in total. The van der Waals surface area contributed by atoms with Gasteiger partial charge in [-0.15, -0.1) is 5.10 Å². The van der Waals surface area contributed by atoms with Gasteiger partial charge in [0.25, 0.3) is 11.8 Å². The van der Waals surface area contributed by atoms with Crippen LogP contribution in [0.3, 0.4) is 0 Å². The van der Waals surface area contributed by atoms with Crippen LogP contribution in [0, 0.1) is 5.92 Å². The van der Waals surface area contributed by atoms with E-state index in [-0.39, 0.29) is 30.5 Å². The van der Waals surface area contributed by atoms with Crippen LogP contribution in [-0.4, -0.2) is 68.9 Å². The van der Waals surface area contributed by atoms with Crippen LogP contribution >= 0.6 is 11.6 Å². The molecule has 1 saturated heterocycles. The number of nitrogens with zero attached hydrogens (tertiary/aromatic N) is 4. The van der Waals surface area contributed by atoms with E-state index >= 15 is 0 Å². The molecule has 2 amide bonds. The molecule has 3 heterocycles. The predicted octanol–water partition coefficient (Wildman–Crippen LogP) is 3.22. The number of nitrogens with one attached hydrogen (secondary N) is 1. The van der Waals surface area contributed by atoms with Crippen molar-refractivity contribution in [3.63, 3.8) is 0 Å². The summed E-state index contributed by atoms with van der Waals surface area (Å²) in [5.74, 6) is -1.05. The molecule has 1 aromatic heterocycles. The Bertz CT molecular complexity index is 1490. The molecule has 5 atom stereocenters. The standard InChI is InChI=1S/C30H38ClN5O6Si/c1-18-27(43(3,4)41)26(11-13-35-17-23(12-14-37)33-34-35)42-30(18)24-15-21(31)7-10-25(24)36(29(30)40)16-20-5-8-22(9-6-20)32-28(39)19(2)38/h5-10,15,17-19,26-27,37-38,41H,11-14,16H2,1-4H3,(H,32,39)/t18-,19+,26+,27-,30+/m1/s1. The Morgan fingerprint density at radius 1 is 1.23 bits per heavy atom. The lowest BCUT2D eigenvalue weighted by atomic mass is 9.82. The van der Waals surface area contributed by atoms with Crippen molar-refractivity contribution in [1.29, 1.82) is 0 Å². The minimum Gasteiger partial charge on any atom is -0.432 e. The van der Waals surface area contributed by atoms with E-state index in [1.165, 1.54) is 6.92 Å². The van der Waals surface area contributed by atoms with Gasteiger partial charge in [-0.05, 0) is 62.3 Å². The number of rotatable bonds is 10. The molecule has 5 rings (SSSR count). The maximum absolute atomic E-state index is 14.5. The normalized spacial score (nSPS) is 24.0. The first-order chi connectivity index (χ1) is 20.3. The van der Waals surface area contributed by atoms with Crippen LogP contribution < -0.4 is 10.2 Å². The summed E-state index contributed by atoms with van der Waals surface area (Å²) in [6.07, 6.45) is 1.17. The van der Waals surface area contributed by atoms with Gasteiger partial charge in [0.1, 0.15) is 6.10 Å². The Morgan fingerprint density at radius 2 is 1.95 bits per heavy atom. The summed E-state index contributed by atoms with van der Waals surface area (Å²) in [4.78, 5) is 39.6. The molecular formula is C30H38ClN5O6Si. The second kappa shape index (κ2) is 12.1. The van der Waals surface area contributed by atoms with Gasteiger partial charge in [-0.25, -0.2) is 0 Å². The molecule has 43 heavy (non-hydrogen) atoms. The van der Waals surface area contributed by atoms with Gasteiger partial charge in [-0.2, -0.15) is 0 Å². The lowest BCUT2D eigenvalue weighted by Crippen LogP contribution is -2.46. The quantitative estimate of drug-likeness (QED) is 0.250. The zero-order chi connectivity index (χ0) is 31.1. The number of benzene rings is 2. The molecule has 0 aliphatic carbocycles. The number of hydrogen-bond acceptors (Lipinski definition) is 8. The molecular weight excluding hydrogens is 590 g/mol. The van der Waals surface area contributed by atoms with Crippen LogP contribution in [-0.2, 0) is 39.4 Å². The van der Waals surface area contributed by atoms with E-state index in [0.717, 1.165) is 5.56 Å². The lowest BCUT2D eigenvalue weighted by Gasteiger charge is -2.32. The number of fused-ring (bicyclic) bond motifs is 2. The number of amides is 2. The largest absolute Gasteiger partial charge is 0.432 e. The Kier molecular flexibility index (Phi) is 8.81. The fourth-order valence-corrected chi connectivity index (χ4v) is 9.31. The maximum atomic E-state index is 14.5. The maximum Gasteiger partial charge on any atom is 0.264 e. The summed E-state index contributed by atoms with van der Waals surface area (Å²) >= 11 is 6.49. The smallest absolute Gasteiger partial charge is 0.264 e. The molecule has 13 heteroatoms. The van der Waals surface area contributed by atoms with Gasteiger partial charge in [-0.1, -0.05) is 35.9 Å². The molecule has 2 aliphatic heterocycles. The summed E-state index contributed by atoms with van der Waals surface area (Å²) in [7, 11) is -2.84. The van der Waals surface area contributed by atoms with Crippen molar-refractivity contribution in [3.05, 3.63) is 70.5 Å². The first-order valence-electron chi connectivity index (χ1n) is 14.4. The van der Waals surface area contributed by atoms with E-state index in [9.17, 15) is 24.6 Å². The number of aliphatic hydroxyl groups excluding tert-OH is 2. The molecule has 1 spiro atoms. The van der Waals surface area contributed by atoms with E-state index in [1.807, 2.05) is 38.2 Å². The molecule has 1 fully saturated rings. The number of carbonyl (C=O) groups is 2. The zero-order valence-electron chi connectivity index (χ0n) is 24.7. The molecule has 0 radical (unpaired) electrons. The second-order valence-corrected chi connectivity index (χ2v) is 16.4. The highest BCUT2D eigenvalue weighted by atomic mass is 35.5. The van der Waals surface area contributed by atoms with Crippen molar-refractivity contribution in [2.45, 2.75) is 76.2 Å². The number of halogens is 1.